The maximum absolute atomic E-state index is 3.66. The van der Waals surface area contributed by atoms with Crippen LogP contribution < -0.4 is 5.32 Å². The number of nitrogens with one attached hydrogen (secondary N) is 2. The number of H-pyrrole nitrogens is 1. The van der Waals surface area contributed by atoms with Gasteiger partial charge < -0.3 is 10.3 Å². The van der Waals surface area contributed by atoms with E-state index in [4.69, 9.17) is 0 Å². The summed E-state index contributed by atoms with van der Waals surface area (Å²) in [6.07, 6.45) is 5.98. The third-order valence-electron chi connectivity index (χ3n) is 3.99. The molecule has 1 aliphatic rings. The lowest BCUT2D eigenvalue weighted by Crippen LogP contribution is -2.25. The number of aryl methyl sites for hydroxylation is 1. The van der Waals surface area contributed by atoms with Gasteiger partial charge in [0.25, 0.3) is 0 Å². The first-order valence-corrected chi connectivity index (χ1v) is 7.22. The number of aromatic nitrogens is 1. The number of aromatic amines is 1. The van der Waals surface area contributed by atoms with Crippen LogP contribution in [0, 0.1) is 0 Å². The summed E-state index contributed by atoms with van der Waals surface area (Å²) in [4.78, 5) is 3.62. The summed E-state index contributed by atoms with van der Waals surface area (Å²) in [5.74, 6) is 0. The average Bonchev–Trinajstić information content (AvgIpc) is 2.78. The van der Waals surface area contributed by atoms with Crippen molar-refractivity contribution in [3.63, 3.8) is 0 Å². The van der Waals surface area contributed by atoms with Crippen molar-refractivity contribution < 1.29 is 0 Å². The van der Waals surface area contributed by atoms with Gasteiger partial charge in [-0.2, -0.15) is 0 Å². The van der Waals surface area contributed by atoms with Gasteiger partial charge in [0.15, 0.2) is 0 Å². The summed E-state index contributed by atoms with van der Waals surface area (Å²) in [5.41, 5.74) is 5.59. The molecule has 0 amide bonds. The molecule has 2 N–H and O–H groups in total. The van der Waals surface area contributed by atoms with E-state index < -0.39 is 0 Å². The Morgan fingerprint density at radius 3 is 3.05 bits per heavy atom. The van der Waals surface area contributed by atoms with Gasteiger partial charge in [0, 0.05) is 29.2 Å². The van der Waals surface area contributed by atoms with Crippen molar-refractivity contribution >= 4 is 10.9 Å². The second kappa shape index (κ2) is 5.22. The molecule has 1 aromatic heterocycles. The fraction of sp³-hybridized carbons (Fsp3) is 0.412. The molecule has 1 heterocycles. The number of para-hydroxylation sites is 1. The van der Waals surface area contributed by atoms with Crippen LogP contribution in [0.15, 0.2) is 35.9 Å². The van der Waals surface area contributed by atoms with Gasteiger partial charge in [-0.3, -0.25) is 0 Å². The van der Waals surface area contributed by atoms with Gasteiger partial charge >= 0.3 is 0 Å². The van der Waals surface area contributed by atoms with Crippen molar-refractivity contribution in [2.24, 2.45) is 0 Å². The van der Waals surface area contributed by atoms with Crippen molar-refractivity contribution in [1.82, 2.24) is 10.3 Å². The molecule has 0 saturated carbocycles. The lowest BCUT2D eigenvalue weighted by atomic mass is 9.91. The Balaban J connectivity index is 1.89. The van der Waals surface area contributed by atoms with Crippen LogP contribution in [0.25, 0.3) is 10.9 Å². The Kier molecular flexibility index (Phi) is 3.43. The fourth-order valence-electron chi connectivity index (χ4n) is 3.02. The largest absolute Gasteiger partial charge is 0.357 e. The van der Waals surface area contributed by atoms with E-state index in [9.17, 15) is 0 Å². The monoisotopic (exact) mass is 254 g/mol. The Morgan fingerprint density at radius 1 is 1.37 bits per heavy atom. The van der Waals surface area contributed by atoms with E-state index in [1.165, 1.54) is 47.0 Å². The van der Waals surface area contributed by atoms with E-state index in [1.54, 1.807) is 0 Å². The summed E-state index contributed by atoms with van der Waals surface area (Å²) in [5, 5.41) is 5.07. The molecule has 1 aliphatic carbocycles. The van der Waals surface area contributed by atoms with Gasteiger partial charge in [-0.15, -0.1) is 0 Å². The highest BCUT2D eigenvalue weighted by atomic mass is 14.9. The number of hydrogen-bond acceptors (Lipinski definition) is 1. The van der Waals surface area contributed by atoms with E-state index in [2.05, 4.69) is 54.5 Å². The van der Waals surface area contributed by atoms with Crippen LogP contribution in [0.3, 0.4) is 0 Å². The minimum atomic E-state index is 0.478. The van der Waals surface area contributed by atoms with Gasteiger partial charge in [0.1, 0.15) is 0 Å². The van der Waals surface area contributed by atoms with Crippen LogP contribution in [0.2, 0.25) is 0 Å². The smallest absolute Gasteiger partial charge is 0.0478 e. The molecule has 1 atom stereocenters. The van der Waals surface area contributed by atoms with Gasteiger partial charge in [-0.05, 0) is 44.7 Å². The number of fused-ring (bicyclic) bond motifs is 3. The molecule has 3 rings (SSSR count). The van der Waals surface area contributed by atoms with Crippen LogP contribution in [0.4, 0.5) is 0 Å². The molecule has 0 bridgehead atoms. The van der Waals surface area contributed by atoms with E-state index in [-0.39, 0.29) is 0 Å². The normalized spacial score (nSPS) is 18.3. The molecule has 2 aromatic rings. The van der Waals surface area contributed by atoms with Crippen molar-refractivity contribution in [1.29, 1.82) is 0 Å². The van der Waals surface area contributed by atoms with Crippen LogP contribution in [0.1, 0.15) is 44.0 Å². The summed E-state index contributed by atoms with van der Waals surface area (Å²) < 4.78 is 0. The molecular weight excluding hydrogens is 232 g/mol. The topological polar surface area (TPSA) is 27.8 Å². The zero-order chi connectivity index (χ0) is 13.2. The van der Waals surface area contributed by atoms with Crippen LogP contribution in [-0.4, -0.2) is 11.5 Å². The molecule has 0 aliphatic heterocycles. The SMILES string of the molecule is CC(C)=CCNC1CCCc2c1[nH]c1ccccc21. The predicted octanol–water partition coefficient (Wildman–Crippen LogP) is 4.10. The zero-order valence-corrected chi connectivity index (χ0v) is 11.8. The second-order valence-corrected chi connectivity index (χ2v) is 5.70. The van der Waals surface area contributed by atoms with E-state index in [1.807, 2.05) is 0 Å². The maximum Gasteiger partial charge on any atom is 0.0478 e. The summed E-state index contributed by atoms with van der Waals surface area (Å²) >= 11 is 0. The molecule has 1 aromatic carbocycles. The van der Waals surface area contributed by atoms with E-state index >= 15 is 0 Å². The van der Waals surface area contributed by atoms with Crippen molar-refractivity contribution in [3.8, 4) is 0 Å². The Bertz CT molecular complexity index is 603. The molecule has 2 nitrogen and oxygen atoms in total. The number of allylic oxidation sites excluding steroid dienone is 1. The van der Waals surface area contributed by atoms with Crippen LogP contribution >= 0.6 is 0 Å². The number of hydrogen-bond donors (Lipinski definition) is 2. The highest BCUT2D eigenvalue weighted by molar-refractivity contribution is 5.85. The first-order chi connectivity index (χ1) is 9.25. The number of rotatable bonds is 3. The number of benzene rings is 1. The average molecular weight is 254 g/mol. The molecule has 0 fully saturated rings. The molecule has 0 radical (unpaired) electrons. The molecular formula is C17H22N2. The lowest BCUT2D eigenvalue weighted by Gasteiger charge is -2.23. The minimum absolute atomic E-state index is 0.478. The first kappa shape index (κ1) is 12.5. The van der Waals surface area contributed by atoms with Crippen molar-refractivity contribution in [2.75, 3.05) is 6.54 Å². The third-order valence-corrected chi connectivity index (χ3v) is 3.99. The first-order valence-electron chi connectivity index (χ1n) is 7.22. The Hall–Kier alpha value is -1.54. The highest BCUT2D eigenvalue weighted by Gasteiger charge is 2.23. The second-order valence-electron chi connectivity index (χ2n) is 5.70. The van der Waals surface area contributed by atoms with E-state index in [0.717, 1.165) is 6.54 Å². The molecule has 100 valence electrons. The van der Waals surface area contributed by atoms with Gasteiger partial charge in [0.05, 0.1) is 0 Å². The summed E-state index contributed by atoms with van der Waals surface area (Å²) in [7, 11) is 0. The summed E-state index contributed by atoms with van der Waals surface area (Å²) in [6, 6.07) is 9.14. The lowest BCUT2D eigenvalue weighted by molar-refractivity contribution is 0.473. The Morgan fingerprint density at radius 2 is 2.21 bits per heavy atom. The van der Waals surface area contributed by atoms with Crippen LogP contribution in [-0.2, 0) is 6.42 Å². The van der Waals surface area contributed by atoms with Crippen LogP contribution in [0.5, 0.6) is 0 Å². The Labute approximate surface area is 114 Å². The quantitative estimate of drug-likeness (QED) is 0.793. The molecule has 0 spiro atoms. The highest BCUT2D eigenvalue weighted by Crippen LogP contribution is 2.34. The van der Waals surface area contributed by atoms with Crippen molar-refractivity contribution in [2.45, 2.75) is 39.2 Å². The van der Waals surface area contributed by atoms with E-state index in [0.29, 0.717) is 6.04 Å². The van der Waals surface area contributed by atoms with Crippen molar-refractivity contribution in [3.05, 3.63) is 47.2 Å². The van der Waals surface area contributed by atoms with Gasteiger partial charge in [-0.1, -0.05) is 29.8 Å². The molecule has 0 saturated heterocycles. The predicted molar refractivity (Wildman–Crippen MR) is 81.4 cm³/mol. The minimum Gasteiger partial charge on any atom is -0.357 e. The summed E-state index contributed by atoms with van der Waals surface area (Å²) in [6.45, 7) is 5.26. The molecule has 2 heteroatoms. The zero-order valence-electron chi connectivity index (χ0n) is 11.8. The van der Waals surface area contributed by atoms with Gasteiger partial charge in [-0.25, -0.2) is 0 Å². The molecule has 19 heavy (non-hydrogen) atoms. The third kappa shape index (κ3) is 2.45. The molecule has 1 unspecified atom stereocenters. The van der Waals surface area contributed by atoms with Gasteiger partial charge in [0.2, 0.25) is 0 Å². The fourth-order valence-corrected chi connectivity index (χ4v) is 3.02. The standard InChI is InChI=1S/C17H22N2/c1-12(2)10-11-18-16-9-5-7-14-13-6-3-4-8-15(13)19-17(14)16/h3-4,6,8,10,16,18-19H,5,7,9,11H2,1-2H3. The maximum atomic E-state index is 3.66.